The number of aliphatic hydroxyl groups is 2. The van der Waals surface area contributed by atoms with Crippen LogP contribution in [0, 0.1) is 10.8 Å². The first-order chi connectivity index (χ1) is 47.2. The molecule has 4 aliphatic heterocycles. The van der Waals surface area contributed by atoms with Gasteiger partial charge in [0, 0.05) is 13.0 Å². The van der Waals surface area contributed by atoms with Gasteiger partial charge < -0.3 is 86.0 Å². The summed E-state index contributed by atoms with van der Waals surface area (Å²) in [4.78, 5) is 66.7. The standard InChI is InChI=1S/C75H94O23/c1-74(2,3)72(81)90-46-53-60(85-41-48-29-17-12-18-30-48)58(77)68(92-53)88-45-56-63(98-69-59(78)61(86-42-49-31-19-13-20-32-49)54(93-69)47-91-73(82)75(4,5)6)65(97-67(80)52-37-25-16-26-38-52)71(95-56)89-44-55-62(87-43-50-33-21-14-22-34-50)64(96-66(79)51-35-23-15-24-36-51)70(94-55)84-40-28-11-9-8-10-27-39-57(76)83-7/h12-26,29-38,53-56,58-65,68-71,77-78H,8-11,27-28,39-47H2,1-7H3/t53-,54-,55-,56-,58+,59+,60-,61-,62-,63-,64+,65+,68+,69-,70+,71+/m1/s1. The van der Waals surface area contributed by atoms with Crippen molar-refractivity contribution in [3.63, 3.8) is 0 Å². The van der Waals surface area contributed by atoms with Crippen molar-refractivity contribution >= 4 is 29.8 Å². The van der Waals surface area contributed by atoms with E-state index in [4.69, 9.17) is 75.8 Å². The van der Waals surface area contributed by atoms with E-state index in [1.165, 1.54) is 7.11 Å². The second-order valence-corrected chi connectivity index (χ2v) is 26.7. The van der Waals surface area contributed by atoms with Crippen LogP contribution >= 0.6 is 0 Å². The monoisotopic (exact) mass is 1360 g/mol. The number of unbranched alkanes of at least 4 members (excludes halogenated alkanes) is 5. The number of aliphatic hydroxyl groups excluding tert-OH is 2. The van der Waals surface area contributed by atoms with E-state index in [2.05, 4.69) is 0 Å². The fourth-order valence-corrected chi connectivity index (χ4v) is 11.4. The van der Waals surface area contributed by atoms with Gasteiger partial charge in [-0.2, -0.15) is 0 Å². The summed E-state index contributed by atoms with van der Waals surface area (Å²) in [6.07, 6.45) is -15.7. The van der Waals surface area contributed by atoms with Crippen molar-refractivity contribution in [3.8, 4) is 0 Å². The zero-order valence-electron chi connectivity index (χ0n) is 56.7. The van der Waals surface area contributed by atoms with Gasteiger partial charge in [-0.1, -0.05) is 153 Å². The second kappa shape index (κ2) is 36.8. The van der Waals surface area contributed by atoms with E-state index in [1.54, 1.807) is 102 Å². The van der Waals surface area contributed by atoms with Crippen LogP contribution in [0.2, 0.25) is 0 Å². The molecule has 0 unspecified atom stereocenters. The number of carbonyl (C=O) groups is 5. The van der Waals surface area contributed by atoms with Crippen LogP contribution in [0.25, 0.3) is 0 Å². The zero-order chi connectivity index (χ0) is 69.6. The maximum Gasteiger partial charge on any atom is 0.338 e. The van der Waals surface area contributed by atoms with E-state index < -0.39 is 140 Å². The van der Waals surface area contributed by atoms with Gasteiger partial charge in [0.2, 0.25) is 0 Å². The zero-order valence-corrected chi connectivity index (χ0v) is 56.7. The van der Waals surface area contributed by atoms with Crippen LogP contribution < -0.4 is 0 Å². The molecular formula is C75H94O23. The van der Waals surface area contributed by atoms with Gasteiger partial charge in [0.1, 0.15) is 74.3 Å². The van der Waals surface area contributed by atoms with Gasteiger partial charge in [0.15, 0.2) is 37.4 Å². The molecule has 0 aromatic heterocycles. The number of ether oxygens (including phenoxy) is 16. The average molecular weight is 1360 g/mol. The van der Waals surface area contributed by atoms with E-state index in [9.17, 15) is 34.2 Å². The lowest BCUT2D eigenvalue weighted by Crippen LogP contribution is -2.47. The van der Waals surface area contributed by atoms with Gasteiger partial charge in [-0.25, -0.2) is 9.59 Å². The maximum atomic E-state index is 14.6. The van der Waals surface area contributed by atoms with Crippen LogP contribution in [0.4, 0.5) is 0 Å². The Bertz CT molecular complexity index is 3220. The predicted molar refractivity (Wildman–Crippen MR) is 351 cm³/mol. The Labute approximate surface area is 572 Å². The molecule has 98 heavy (non-hydrogen) atoms. The lowest BCUT2D eigenvalue weighted by Gasteiger charge is -2.29. The van der Waals surface area contributed by atoms with E-state index in [0.717, 1.165) is 48.8 Å². The molecule has 16 atom stereocenters. The van der Waals surface area contributed by atoms with Crippen LogP contribution in [0.1, 0.15) is 124 Å². The topological polar surface area (TPSA) is 273 Å². The van der Waals surface area contributed by atoms with Gasteiger partial charge in [-0.15, -0.1) is 0 Å². The molecule has 4 saturated heterocycles. The maximum absolute atomic E-state index is 14.6. The molecule has 9 rings (SSSR count). The summed E-state index contributed by atoms with van der Waals surface area (Å²) in [5.74, 6) is -2.78. The number of rotatable bonds is 35. The minimum Gasteiger partial charge on any atom is -0.469 e. The molecule has 532 valence electrons. The van der Waals surface area contributed by atoms with Crippen molar-refractivity contribution < 1.29 is 110 Å². The third kappa shape index (κ3) is 21.7. The fraction of sp³-hybridized carbons (Fsp3) is 0.533. The van der Waals surface area contributed by atoms with Crippen LogP contribution in [0.5, 0.6) is 0 Å². The number of esters is 5. The smallest absolute Gasteiger partial charge is 0.338 e. The fourth-order valence-electron chi connectivity index (χ4n) is 11.4. The second-order valence-electron chi connectivity index (χ2n) is 26.7. The summed E-state index contributed by atoms with van der Waals surface area (Å²) in [5.41, 5.74) is 1.02. The van der Waals surface area contributed by atoms with Crippen LogP contribution in [-0.2, 0) is 110 Å². The first kappa shape index (κ1) is 75.1. The SMILES string of the molecule is COC(=O)CCCCCCCCO[C@H]1O[C@H](CO[C@H]2O[C@H](CO[C@H]3O[C@H](COC(=O)C(C)(C)C)[C@@H](OCc4ccccc4)[C@@H]3O)[C@@H](O[C@H]3O[C@H](COC(=O)C(C)(C)C)[C@@H](OCc4ccccc4)[C@@H]3O)[C@@H]2OC(=O)c2ccccc2)[C@@H](OCc2ccccc2)[C@@H]1OC(=O)c1ccccc1. The Kier molecular flexibility index (Phi) is 28.3. The molecule has 0 aliphatic carbocycles. The molecule has 5 aromatic rings. The molecule has 0 spiro atoms. The summed E-state index contributed by atoms with van der Waals surface area (Å²) < 4.78 is 101. The first-order valence-electron chi connectivity index (χ1n) is 33.6. The Hall–Kier alpha value is -7.07. The summed E-state index contributed by atoms with van der Waals surface area (Å²) in [6.45, 7) is 9.05. The molecule has 0 bridgehead atoms. The van der Waals surface area contributed by atoms with Crippen molar-refractivity contribution in [1.29, 1.82) is 0 Å². The lowest BCUT2D eigenvalue weighted by molar-refractivity contribution is -0.229. The molecule has 23 nitrogen and oxygen atoms in total. The predicted octanol–water partition coefficient (Wildman–Crippen LogP) is 9.33. The van der Waals surface area contributed by atoms with Crippen LogP contribution in [-0.4, -0.2) is 179 Å². The van der Waals surface area contributed by atoms with Gasteiger partial charge in [-0.05, 0) is 95.3 Å². The highest BCUT2D eigenvalue weighted by molar-refractivity contribution is 5.90. The van der Waals surface area contributed by atoms with E-state index >= 15 is 0 Å². The number of hydrogen-bond acceptors (Lipinski definition) is 23. The largest absolute Gasteiger partial charge is 0.469 e. The summed E-state index contributed by atoms with van der Waals surface area (Å²) >= 11 is 0. The minimum absolute atomic E-state index is 0.0210. The highest BCUT2D eigenvalue weighted by Crippen LogP contribution is 2.38. The van der Waals surface area contributed by atoms with Crippen molar-refractivity contribution in [1.82, 2.24) is 0 Å². The van der Waals surface area contributed by atoms with Gasteiger partial charge in [-0.3, -0.25) is 14.4 Å². The van der Waals surface area contributed by atoms with Crippen molar-refractivity contribution in [2.24, 2.45) is 10.8 Å². The number of hydrogen-bond donors (Lipinski definition) is 2. The van der Waals surface area contributed by atoms with Crippen molar-refractivity contribution in [2.75, 3.05) is 40.1 Å². The van der Waals surface area contributed by atoms with Crippen molar-refractivity contribution in [3.05, 3.63) is 179 Å². The molecule has 5 aromatic carbocycles. The molecule has 23 heteroatoms. The molecular weight excluding hydrogens is 1270 g/mol. The minimum atomic E-state index is -1.59. The quantitative estimate of drug-likeness (QED) is 0.0217. The molecule has 4 fully saturated rings. The van der Waals surface area contributed by atoms with Gasteiger partial charge in [0.25, 0.3) is 0 Å². The highest BCUT2D eigenvalue weighted by Gasteiger charge is 2.57. The molecule has 0 radical (unpaired) electrons. The Morgan fingerprint density at radius 2 is 0.745 bits per heavy atom. The van der Waals surface area contributed by atoms with Gasteiger partial charge >= 0.3 is 29.8 Å². The molecule has 2 N–H and O–H groups in total. The third-order valence-corrected chi connectivity index (χ3v) is 16.9. The van der Waals surface area contributed by atoms with Crippen LogP contribution in [0.15, 0.2) is 152 Å². The lowest BCUT2D eigenvalue weighted by atomic mass is 9.97. The van der Waals surface area contributed by atoms with Crippen LogP contribution in [0.3, 0.4) is 0 Å². The molecule has 0 amide bonds. The van der Waals surface area contributed by atoms with Crippen molar-refractivity contribution in [2.45, 2.75) is 205 Å². The molecule has 0 saturated carbocycles. The summed E-state index contributed by atoms with van der Waals surface area (Å²) in [6, 6.07) is 44.5. The summed E-state index contributed by atoms with van der Waals surface area (Å²) in [5, 5.41) is 24.5. The Morgan fingerprint density at radius 1 is 0.388 bits per heavy atom. The van der Waals surface area contributed by atoms with E-state index in [1.807, 2.05) is 91.0 Å². The molecule has 4 heterocycles. The highest BCUT2D eigenvalue weighted by atomic mass is 16.8. The van der Waals surface area contributed by atoms with E-state index in [0.29, 0.717) is 12.8 Å². The third-order valence-electron chi connectivity index (χ3n) is 16.9. The average Bonchev–Trinajstić information content (AvgIpc) is 1.67. The van der Waals surface area contributed by atoms with E-state index in [-0.39, 0.29) is 63.3 Å². The molecule has 4 aliphatic rings. The van der Waals surface area contributed by atoms with Gasteiger partial charge in [0.05, 0.1) is 62.1 Å². The Morgan fingerprint density at radius 3 is 1.20 bits per heavy atom. The summed E-state index contributed by atoms with van der Waals surface area (Å²) in [7, 11) is 1.38. The normalized spacial score (nSPS) is 26.9. The number of methoxy groups -OCH3 is 1. The first-order valence-corrected chi connectivity index (χ1v) is 33.6. The number of carbonyl (C=O) groups excluding carboxylic acids is 5. The Balaban J connectivity index is 1.03. The number of benzene rings is 5.